The van der Waals surface area contributed by atoms with Crippen LogP contribution in [0.4, 0.5) is 0 Å². The van der Waals surface area contributed by atoms with Crippen molar-refractivity contribution < 1.29 is 9.90 Å². The second kappa shape index (κ2) is 5.46. The van der Waals surface area contributed by atoms with Crippen LogP contribution >= 0.6 is 22.6 Å². The summed E-state index contributed by atoms with van der Waals surface area (Å²) in [5, 5.41) is 11.7. The normalized spacial score (nSPS) is 12.3. The van der Waals surface area contributed by atoms with Crippen LogP contribution in [0.25, 0.3) is 0 Å². The Labute approximate surface area is 103 Å². The molecule has 0 aliphatic rings. The maximum atomic E-state index is 11.6. The summed E-state index contributed by atoms with van der Waals surface area (Å²) in [4.78, 5) is 11.6. The predicted molar refractivity (Wildman–Crippen MR) is 67.9 cm³/mol. The topological polar surface area (TPSA) is 49.3 Å². The summed E-state index contributed by atoms with van der Waals surface area (Å²) in [6, 6.07) is 5.54. The number of aliphatic hydroxyl groups excluding tert-OH is 1. The molecule has 0 saturated heterocycles. The lowest BCUT2D eigenvalue weighted by Gasteiger charge is -2.08. The van der Waals surface area contributed by atoms with Gasteiger partial charge in [-0.25, -0.2) is 0 Å². The van der Waals surface area contributed by atoms with Crippen LogP contribution in [0.5, 0.6) is 0 Å². The molecule has 3 nitrogen and oxygen atoms in total. The predicted octanol–water partition coefficient (Wildman–Crippen LogP) is 1.71. The van der Waals surface area contributed by atoms with Crippen molar-refractivity contribution in [2.75, 3.05) is 6.54 Å². The lowest BCUT2D eigenvalue weighted by atomic mass is 10.1. The van der Waals surface area contributed by atoms with Crippen molar-refractivity contribution in [3.8, 4) is 0 Å². The van der Waals surface area contributed by atoms with Crippen molar-refractivity contribution in [3.63, 3.8) is 0 Å². The Balaban J connectivity index is 2.70. The molecule has 0 fully saturated rings. The van der Waals surface area contributed by atoms with E-state index in [1.165, 1.54) is 0 Å². The van der Waals surface area contributed by atoms with Crippen LogP contribution in [0, 0.1) is 10.5 Å². The molecule has 4 heteroatoms. The van der Waals surface area contributed by atoms with Crippen molar-refractivity contribution in [2.24, 2.45) is 0 Å². The van der Waals surface area contributed by atoms with Gasteiger partial charge in [-0.15, -0.1) is 0 Å². The summed E-state index contributed by atoms with van der Waals surface area (Å²) in [5.41, 5.74) is 1.72. The maximum absolute atomic E-state index is 11.6. The van der Waals surface area contributed by atoms with Crippen LogP contribution in [-0.2, 0) is 0 Å². The zero-order chi connectivity index (χ0) is 11.4. The maximum Gasteiger partial charge on any atom is 0.251 e. The molecule has 0 spiro atoms. The van der Waals surface area contributed by atoms with Gasteiger partial charge in [0.1, 0.15) is 0 Å². The van der Waals surface area contributed by atoms with Crippen molar-refractivity contribution in [1.82, 2.24) is 5.32 Å². The standard InChI is InChI=1S/C11H14INO2/c1-7-5-9(3-4-10(7)12)11(15)13-6-8(2)14/h3-5,8,14H,6H2,1-2H3,(H,13,15). The smallest absolute Gasteiger partial charge is 0.251 e. The Hall–Kier alpha value is -0.620. The first-order valence-corrected chi connectivity index (χ1v) is 5.81. The molecule has 0 heterocycles. The molecule has 1 aromatic carbocycles. The average molecular weight is 319 g/mol. The molecule has 82 valence electrons. The van der Waals surface area contributed by atoms with E-state index in [0.717, 1.165) is 9.13 Å². The van der Waals surface area contributed by atoms with Crippen molar-refractivity contribution in [1.29, 1.82) is 0 Å². The van der Waals surface area contributed by atoms with Gasteiger partial charge in [0.15, 0.2) is 0 Å². The molecule has 2 N–H and O–H groups in total. The van der Waals surface area contributed by atoms with Gasteiger partial charge in [-0.3, -0.25) is 4.79 Å². The third-order valence-corrected chi connectivity index (χ3v) is 3.19. The Kier molecular flexibility index (Phi) is 4.53. The number of halogens is 1. The molecule has 0 saturated carbocycles. The fourth-order valence-corrected chi connectivity index (χ4v) is 1.46. The Morgan fingerprint density at radius 2 is 2.27 bits per heavy atom. The number of hydrogen-bond donors (Lipinski definition) is 2. The highest BCUT2D eigenvalue weighted by atomic mass is 127. The Bertz CT molecular complexity index is 364. The minimum absolute atomic E-state index is 0.143. The van der Waals surface area contributed by atoms with Crippen molar-refractivity contribution >= 4 is 28.5 Å². The van der Waals surface area contributed by atoms with E-state index >= 15 is 0 Å². The fourth-order valence-electron chi connectivity index (χ4n) is 1.13. The minimum atomic E-state index is -0.515. The van der Waals surface area contributed by atoms with E-state index in [2.05, 4.69) is 27.9 Å². The molecule has 1 amide bonds. The molecule has 0 aromatic heterocycles. The van der Waals surface area contributed by atoms with Gasteiger partial charge in [-0.1, -0.05) is 0 Å². The molecule has 1 rings (SSSR count). The van der Waals surface area contributed by atoms with E-state index < -0.39 is 6.10 Å². The second-order valence-corrected chi connectivity index (χ2v) is 4.69. The third kappa shape index (κ3) is 3.79. The molecule has 1 atom stereocenters. The van der Waals surface area contributed by atoms with Gasteiger partial charge in [0.25, 0.3) is 5.91 Å². The van der Waals surface area contributed by atoms with Crippen LogP contribution in [0.1, 0.15) is 22.8 Å². The van der Waals surface area contributed by atoms with Gasteiger partial charge in [0, 0.05) is 15.7 Å². The fraction of sp³-hybridized carbons (Fsp3) is 0.364. The number of aryl methyl sites for hydroxylation is 1. The van der Waals surface area contributed by atoms with Gasteiger partial charge in [0.2, 0.25) is 0 Å². The average Bonchev–Trinajstić information content (AvgIpc) is 2.18. The molecule has 1 unspecified atom stereocenters. The number of hydrogen-bond acceptors (Lipinski definition) is 2. The van der Waals surface area contributed by atoms with E-state index in [-0.39, 0.29) is 12.5 Å². The minimum Gasteiger partial charge on any atom is -0.392 e. The van der Waals surface area contributed by atoms with Gasteiger partial charge < -0.3 is 10.4 Å². The molecule has 0 radical (unpaired) electrons. The molecule has 0 aliphatic carbocycles. The van der Waals surface area contributed by atoms with E-state index in [9.17, 15) is 4.79 Å². The number of rotatable bonds is 3. The lowest BCUT2D eigenvalue weighted by Crippen LogP contribution is -2.30. The quantitative estimate of drug-likeness (QED) is 0.834. The number of amides is 1. The Morgan fingerprint density at radius 1 is 1.60 bits per heavy atom. The largest absolute Gasteiger partial charge is 0.392 e. The van der Waals surface area contributed by atoms with E-state index in [1.54, 1.807) is 13.0 Å². The number of aliphatic hydroxyl groups is 1. The number of carbonyl (C=O) groups excluding carboxylic acids is 1. The summed E-state index contributed by atoms with van der Waals surface area (Å²) in [6.07, 6.45) is -0.515. The SMILES string of the molecule is Cc1cc(C(=O)NCC(C)O)ccc1I. The second-order valence-electron chi connectivity index (χ2n) is 3.52. The molecule has 1 aromatic rings. The van der Waals surface area contributed by atoms with Gasteiger partial charge in [0.05, 0.1) is 6.10 Å². The monoisotopic (exact) mass is 319 g/mol. The van der Waals surface area contributed by atoms with Crippen LogP contribution < -0.4 is 5.32 Å². The number of carbonyl (C=O) groups is 1. The zero-order valence-electron chi connectivity index (χ0n) is 8.75. The molecule has 15 heavy (non-hydrogen) atoms. The van der Waals surface area contributed by atoms with Gasteiger partial charge in [-0.05, 0) is 60.2 Å². The van der Waals surface area contributed by atoms with E-state index in [0.29, 0.717) is 5.56 Å². The van der Waals surface area contributed by atoms with Crippen molar-refractivity contribution in [3.05, 3.63) is 32.9 Å². The van der Waals surface area contributed by atoms with E-state index in [4.69, 9.17) is 5.11 Å². The Morgan fingerprint density at radius 3 is 2.80 bits per heavy atom. The van der Waals surface area contributed by atoms with Gasteiger partial charge in [-0.2, -0.15) is 0 Å². The molecule has 0 bridgehead atoms. The van der Waals surface area contributed by atoms with Crippen LogP contribution in [0.15, 0.2) is 18.2 Å². The van der Waals surface area contributed by atoms with Crippen LogP contribution in [0.3, 0.4) is 0 Å². The summed E-state index contributed by atoms with van der Waals surface area (Å²) < 4.78 is 1.14. The lowest BCUT2D eigenvalue weighted by molar-refractivity contribution is 0.0924. The van der Waals surface area contributed by atoms with Crippen LogP contribution in [-0.4, -0.2) is 23.7 Å². The zero-order valence-corrected chi connectivity index (χ0v) is 10.9. The van der Waals surface area contributed by atoms with E-state index in [1.807, 2.05) is 19.1 Å². The highest BCUT2D eigenvalue weighted by molar-refractivity contribution is 14.1. The number of benzene rings is 1. The molecular weight excluding hydrogens is 305 g/mol. The number of nitrogens with one attached hydrogen (secondary N) is 1. The van der Waals surface area contributed by atoms with Crippen molar-refractivity contribution in [2.45, 2.75) is 20.0 Å². The van der Waals surface area contributed by atoms with Gasteiger partial charge >= 0.3 is 0 Å². The summed E-state index contributed by atoms with van der Waals surface area (Å²) in [5.74, 6) is -0.143. The summed E-state index contributed by atoms with van der Waals surface area (Å²) >= 11 is 2.22. The molecular formula is C11H14INO2. The first kappa shape index (κ1) is 12.4. The first-order valence-electron chi connectivity index (χ1n) is 4.73. The third-order valence-electron chi connectivity index (χ3n) is 1.98. The summed E-state index contributed by atoms with van der Waals surface area (Å²) in [6.45, 7) is 3.89. The van der Waals surface area contributed by atoms with Crippen LogP contribution in [0.2, 0.25) is 0 Å². The molecule has 0 aliphatic heterocycles. The first-order chi connectivity index (χ1) is 7.00. The summed E-state index contributed by atoms with van der Waals surface area (Å²) in [7, 11) is 0. The highest BCUT2D eigenvalue weighted by Crippen LogP contribution is 2.13. The highest BCUT2D eigenvalue weighted by Gasteiger charge is 2.07.